The first-order valence-corrected chi connectivity index (χ1v) is 6.11. The van der Waals surface area contributed by atoms with Gasteiger partial charge in [-0.2, -0.15) is 0 Å². The Hall–Kier alpha value is -1.54. The van der Waals surface area contributed by atoms with Gasteiger partial charge in [0, 0.05) is 30.0 Å². The Labute approximate surface area is 107 Å². The molecule has 1 aromatic heterocycles. The van der Waals surface area contributed by atoms with Crippen LogP contribution in [-0.4, -0.2) is 4.98 Å². The first-order valence-electron chi connectivity index (χ1n) is 5.58. The van der Waals surface area contributed by atoms with Crippen LogP contribution >= 0.6 is 11.6 Å². The van der Waals surface area contributed by atoms with E-state index in [0.29, 0.717) is 5.88 Å². The number of alkyl halides is 1. The van der Waals surface area contributed by atoms with E-state index in [-0.39, 0.29) is 0 Å². The quantitative estimate of drug-likeness (QED) is 0.832. The van der Waals surface area contributed by atoms with Crippen molar-refractivity contribution in [2.45, 2.75) is 19.3 Å². The lowest BCUT2D eigenvalue weighted by Crippen LogP contribution is -2.00. The van der Waals surface area contributed by atoms with Crippen LogP contribution in [0.3, 0.4) is 0 Å². The Kier molecular flexibility index (Phi) is 3.99. The van der Waals surface area contributed by atoms with Gasteiger partial charge >= 0.3 is 0 Å². The van der Waals surface area contributed by atoms with E-state index in [4.69, 9.17) is 11.6 Å². The summed E-state index contributed by atoms with van der Waals surface area (Å²) in [5.74, 6) is 0.558. The van der Waals surface area contributed by atoms with E-state index in [1.54, 1.807) is 0 Å². The van der Waals surface area contributed by atoms with Crippen molar-refractivity contribution >= 4 is 17.3 Å². The molecule has 1 heterocycles. The topological polar surface area (TPSA) is 24.9 Å². The molecule has 2 nitrogen and oxygen atoms in total. The van der Waals surface area contributed by atoms with Crippen molar-refractivity contribution in [1.29, 1.82) is 0 Å². The van der Waals surface area contributed by atoms with Crippen LogP contribution in [0.15, 0.2) is 42.6 Å². The summed E-state index contributed by atoms with van der Waals surface area (Å²) in [7, 11) is 0. The van der Waals surface area contributed by atoms with E-state index in [1.807, 2.05) is 37.4 Å². The number of aromatic nitrogens is 1. The van der Waals surface area contributed by atoms with Crippen molar-refractivity contribution in [2.24, 2.45) is 0 Å². The van der Waals surface area contributed by atoms with Crippen LogP contribution in [0.2, 0.25) is 0 Å². The fourth-order valence-corrected chi connectivity index (χ4v) is 1.85. The van der Waals surface area contributed by atoms with E-state index < -0.39 is 0 Å². The molecule has 0 saturated heterocycles. The number of nitrogens with zero attached hydrogens (tertiary/aromatic N) is 1. The Morgan fingerprint density at radius 2 is 2.00 bits per heavy atom. The molecule has 0 atom stereocenters. The summed E-state index contributed by atoms with van der Waals surface area (Å²) < 4.78 is 0. The van der Waals surface area contributed by atoms with Gasteiger partial charge in [-0.15, -0.1) is 11.6 Å². The van der Waals surface area contributed by atoms with E-state index in [0.717, 1.165) is 23.5 Å². The summed E-state index contributed by atoms with van der Waals surface area (Å²) in [6.45, 7) is 2.79. The molecule has 0 saturated carbocycles. The first-order chi connectivity index (χ1) is 8.28. The Morgan fingerprint density at radius 1 is 1.18 bits per heavy atom. The van der Waals surface area contributed by atoms with Gasteiger partial charge in [0.1, 0.15) is 0 Å². The molecule has 0 bridgehead atoms. The largest absolute Gasteiger partial charge is 0.381 e. The van der Waals surface area contributed by atoms with Gasteiger partial charge in [0.25, 0.3) is 0 Å². The molecule has 3 heteroatoms. The third kappa shape index (κ3) is 3.46. The van der Waals surface area contributed by atoms with Crippen molar-refractivity contribution in [3.8, 4) is 0 Å². The highest BCUT2D eigenvalue weighted by Gasteiger charge is 1.96. The summed E-state index contributed by atoms with van der Waals surface area (Å²) in [5, 5.41) is 3.37. The lowest BCUT2D eigenvalue weighted by molar-refractivity contribution is 1.12. The number of hydrogen-bond donors (Lipinski definition) is 1. The number of nitrogens with one attached hydrogen (secondary N) is 1. The van der Waals surface area contributed by atoms with E-state index in [9.17, 15) is 0 Å². The van der Waals surface area contributed by atoms with E-state index >= 15 is 0 Å². The highest BCUT2D eigenvalue weighted by atomic mass is 35.5. The maximum Gasteiger partial charge on any atom is 0.0474 e. The second-order valence-corrected chi connectivity index (χ2v) is 4.26. The zero-order valence-electron chi connectivity index (χ0n) is 9.78. The predicted molar refractivity (Wildman–Crippen MR) is 72.3 cm³/mol. The van der Waals surface area contributed by atoms with Crippen LogP contribution < -0.4 is 5.32 Å². The molecule has 0 aliphatic heterocycles. The van der Waals surface area contributed by atoms with Gasteiger partial charge in [-0.25, -0.2) is 0 Å². The van der Waals surface area contributed by atoms with Gasteiger partial charge in [0.15, 0.2) is 0 Å². The summed E-state index contributed by atoms with van der Waals surface area (Å²) in [6.07, 6.45) is 1.81. The fraction of sp³-hybridized carbons (Fsp3) is 0.214. The van der Waals surface area contributed by atoms with Crippen molar-refractivity contribution in [1.82, 2.24) is 4.98 Å². The zero-order chi connectivity index (χ0) is 12.1. The third-order valence-corrected chi connectivity index (χ3v) is 2.85. The minimum atomic E-state index is 0.558. The van der Waals surface area contributed by atoms with E-state index in [1.165, 1.54) is 5.56 Å². The van der Waals surface area contributed by atoms with Crippen LogP contribution in [-0.2, 0) is 12.4 Å². The smallest absolute Gasteiger partial charge is 0.0474 e. The fourth-order valence-electron chi connectivity index (χ4n) is 1.68. The minimum Gasteiger partial charge on any atom is -0.381 e. The number of rotatable bonds is 4. The normalized spacial score (nSPS) is 10.2. The highest BCUT2D eigenvalue weighted by molar-refractivity contribution is 6.17. The van der Waals surface area contributed by atoms with Gasteiger partial charge in [-0.05, 0) is 30.2 Å². The average Bonchev–Trinajstić information content (AvgIpc) is 2.37. The summed E-state index contributed by atoms with van der Waals surface area (Å²) in [4.78, 5) is 4.16. The number of halogens is 1. The molecule has 17 heavy (non-hydrogen) atoms. The minimum absolute atomic E-state index is 0.558. The van der Waals surface area contributed by atoms with Crippen LogP contribution in [0.25, 0.3) is 0 Å². The lowest BCUT2D eigenvalue weighted by Gasteiger charge is -2.07. The van der Waals surface area contributed by atoms with Crippen molar-refractivity contribution in [3.63, 3.8) is 0 Å². The number of hydrogen-bond acceptors (Lipinski definition) is 2. The number of anilines is 1. The third-order valence-electron chi connectivity index (χ3n) is 2.54. The van der Waals surface area contributed by atoms with E-state index in [2.05, 4.69) is 22.4 Å². The number of benzene rings is 1. The Balaban J connectivity index is 2.02. The van der Waals surface area contributed by atoms with Gasteiger partial charge in [0.2, 0.25) is 0 Å². The highest BCUT2D eigenvalue weighted by Crippen LogP contribution is 2.12. The SMILES string of the molecule is Cc1cc(NCc2cccc(CCl)c2)ccn1. The molecule has 1 aromatic carbocycles. The molecule has 1 N–H and O–H groups in total. The summed E-state index contributed by atoms with van der Waals surface area (Å²) in [5.41, 5.74) is 4.49. The molecular formula is C14H15ClN2. The molecule has 0 radical (unpaired) electrons. The van der Waals surface area contributed by atoms with Gasteiger partial charge in [-0.1, -0.05) is 24.3 Å². The van der Waals surface area contributed by atoms with Gasteiger partial charge < -0.3 is 5.32 Å². The van der Waals surface area contributed by atoms with Crippen molar-refractivity contribution in [3.05, 3.63) is 59.4 Å². The second-order valence-electron chi connectivity index (χ2n) is 3.99. The average molecular weight is 247 g/mol. The van der Waals surface area contributed by atoms with Crippen molar-refractivity contribution < 1.29 is 0 Å². The molecule has 2 rings (SSSR count). The van der Waals surface area contributed by atoms with Gasteiger partial charge in [0.05, 0.1) is 0 Å². The standard InChI is InChI=1S/C14H15ClN2/c1-11-7-14(5-6-16-11)17-10-13-4-2-3-12(8-13)9-15/h2-8H,9-10H2,1H3,(H,16,17). The molecule has 0 amide bonds. The molecule has 0 aliphatic rings. The lowest BCUT2D eigenvalue weighted by atomic mass is 10.1. The summed E-state index contributed by atoms with van der Waals surface area (Å²) >= 11 is 5.81. The maximum absolute atomic E-state index is 5.81. The van der Waals surface area contributed by atoms with Crippen LogP contribution in [0.4, 0.5) is 5.69 Å². The second kappa shape index (κ2) is 5.69. The van der Waals surface area contributed by atoms with Gasteiger partial charge in [-0.3, -0.25) is 4.98 Å². The molecule has 0 spiro atoms. The molecule has 0 unspecified atom stereocenters. The monoisotopic (exact) mass is 246 g/mol. The maximum atomic E-state index is 5.81. The Morgan fingerprint density at radius 3 is 2.76 bits per heavy atom. The summed E-state index contributed by atoms with van der Waals surface area (Å²) in [6, 6.07) is 12.3. The zero-order valence-corrected chi connectivity index (χ0v) is 10.5. The molecule has 0 aliphatic carbocycles. The van der Waals surface area contributed by atoms with Crippen LogP contribution in [0.5, 0.6) is 0 Å². The predicted octanol–water partition coefficient (Wildman–Crippen LogP) is 3.74. The molecule has 88 valence electrons. The Bertz CT molecular complexity index is 497. The van der Waals surface area contributed by atoms with Crippen LogP contribution in [0.1, 0.15) is 16.8 Å². The first kappa shape index (κ1) is 11.9. The number of pyridine rings is 1. The van der Waals surface area contributed by atoms with Crippen LogP contribution in [0, 0.1) is 6.92 Å². The molecule has 0 fully saturated rings. The number of aryl methyl sites for hydroxylation is 1. The van der Waals surface area contributed by atoms with Crippen molar-refractivity contribution in [2.75, 3.05) is 5.32 Å². The molecule has 2 aromatic rings. The molecular weight excluding hydrogens is 232 g/mol.